The van der Waals surface area contributed by atoms with Crippen LogP contribution in [0.25, 0.3) is 94.3 Å². The highest BCUT2D eigenvalue weighted by atomic mass is 15.1. The Morgan fingerprint density at radius 3 is 1.24 bits per heavy atom. The van der Waals surface area contributed by atoms with Crippen molar-refractivity contribution in [3.05, 3.63) is 279 Å². The molecule has 0 amide bonds. The van der Waals surface area contributed by atoms with Gasteiger partial charge in [-0.15, -0.1) is 0 Å². The molecule has 0 aliphatic carbocycles. The van der Waals surface area contributed by atoms with E-state index in [2.05, 4.69) is 289 Å². The largest absolute Gasteiger partial charge is 0.310 e. The first-order valence-electron chi connectivity index (χ1n) is 23.3. The van der Waals surface area contributed by atoms with E-state index in [4.69, 9.17) is 0 Å². The summed E-state index contributed by atoms with van der Waals surface area (Å²) < 4.78 is 2.39. The van der Waals surface area contributed by atoms with Gasteiger partial charge in [-0.25, -0.2) is 0 Å². The summed E-state index contributed by atoms with van der Waals surface area (Å²) in [5.74, 6) is 0. The average molecular weight is 867 g/mol. The molecule has 0 saturated carbocycles. The van der Waals surface area contributed by atoms with Crippen molar-refractivity contribution in [2.75, 3.05) is 4.90 Å². The molecule has 0 fully saturated rings. The second-order valence-electron chi connectivity index (χ2n) is 17.3. The molecule has 0 bridgehead atoms. The highest BCUT2D eigenvalue weighted by Gasteiger charge is 2.19. The van der Waals surface area contributed by atoms with Gasteiger partial charge in [-0.05, 0) is 146 Å². The smallest absolute Gasteiger partial charge is 0.0547 e. The van der Waals surface area contributed by atoms with Gasteiger partial charge >= 0.3 is 0 Å². The second kappa shape index (κ2) is 17.8. The number of para-hydroxylation sites is 2. The van der Waals surface area contributed by atoms with Crippen molar-refractivity contribution in [2.24, 2.45) is 0 Å². The Hall–Kier alpha value is -8.98. The third kappa shape index (κ3) is 7.64. The second-order valence-corrected chi connectivity index (χ2v) is 17.3. The lowest BCUT2D eigenvalue weighted by molar-refractivity contribution is 1.18. The number of anilines is 3. The van der Waals surface area contributed by atoms with E-state index in [9.17, 15) is 0 Å². The molecule has 1 heterocycles. The lowest BCUT2D eigenvalue weighted by Crippen LogP contribution is -2.10. The maximum Gasteiger partial charge on any atom is 0.0547 e. The van der Waals surface area contributed by atoms with Crippen LogP contribution < -0.4 is 4.90 Å². The van der Waals surface area contributed by atoms with Gasteiger partial charge in [0.1, 0.15) is 0 Å². The van der Waals surface area contributed by atoms with E-state index in [1.807, 2.05) is 0 Å². The number of benzene rings is 11. The Kier molecular flexibility index (Phi) is 10.6. The lowest BCUT2D eigenvalue weighted by atomic mass is 9.93. The molecule has 0 unspecified atom stereocenters. The highest BCUT2D eigenvalue weighted by Crippen LogP contribution is 2.43. The summed E-state index contributed by atoms with van der Waals surface area (Å²) in [5.41, 5.74) is 21.0. The lowest BCUT2D eigenvalue weighted by Gasteiger charge is -2.27. The molecule has 0 saturated heterocycles. The molecule has 12 rings (SSSR count). The molecule has 0 N–H and O–H groups in total. The van der Waals surface area contributed by atoms with E-state index in [-0.39, 0.29) is 0 Å². The Bertz CT molecular complexity index is 3630. The Morgan fingerprint density at radius 2 is 0.647 bits per heavy atom. The summed E-state index contributed by atoms with van der Waals surface area (Å²) in [6, 6.07) is 101. The molecule has 0 atom stereocenters. The van der Waals surface area contributed by atoms with Gasteiger partial charge in [0, 0.05) is 33.5 Å². The van der Waals surface area contributed by atoms with E-state index in [1.165, 1.54) is 77.4 Å². The van der Waals surface area contributed by atoms with Crippen molar-refractivity contribution >= 4 is 38.9 Å². The zero-order valence-electron chi connectivity index (χ0n) is 37.5. The first-order chi connectivity index (χ1) is 33.7. The molecule has 2 nitrogen and oxygen atoms in total. The fraction of sp³-hybridized carbons (Fsp3) is 0. The number of fused-ring (bicyclic) bond motifs is 3. The van der Waals surface area contributed by atoms with Crippen molar-refractivity contribution in [3.8, 4) is 72.4 Å². The van der Waals surface area contributed by atoms with Crippen molar-refractivity contribution < 1.29 is 0 Å². The topological polar surface area (TPSA) is 8.17 Å². The molecule has 0 aliphatic rings. The van der Waals surface area contributed by atoms with Crippen LogP contribution in [0, 0.1) is 0 Å². The Labute approximate surface area is 397 Å². The Balaban J connectivity index is 0.989. The third-order valence-corrected chi connectivity index (χ3v) is 13.2. The summed E-state index contributed by atoms with van der Waals surface area (Å²) in [5, 5.41) is 2.48. The summed E-state index contributed by atoms with van der Waals surface area (Å²) in [6.07, 6.45) is 0. The van der Waals surface area contributed by atoms with Crippen molar-refractivity contribution in [1.29, 1.82) is 0 Å². The van der Waals surface area contributed by atoms with E-state index in [0.717, 1.165) is 33.9 Å². The maximum atomic E-state index is 2.39. The van der Waals surface area contributed by atoms with Crippen LogP contribution in [0.2, 0.25) is 0 Å². The van der Waals surface area contributed by atoms with Gasteiger partial charge in [0.25, 0.3) is 0 Å². The highest BCUT2D eigenvalue weighted by molar-refractivity contribution is 6.16. The fourth-order valence-corrected chi connectivity index (χ4v) is 9.96. The normalized spacial score (nSPS) is 11.2. The SMILES string of the molecule is c1ccc(-c2cc(-c3ccccc3)cc(-c3ccc(N(c4ccc(-c5ccccc5-c5ccccc5)cc4)c4cccc(-c5cccc6c5c5ccccc5n6-c5ccccc5)c4)cc3)c2)cc1. The third-order valence-electron chi connectivity index (χ3n) is 13.2. The predicted molar refractivity (Wildman–Crippen MR) is 288 cm³/mol. The summed E-state index contributed by atoms with van der Waals surface area (Å²) in [6.45, 7) is 0. The van der Waals surface area contributed by atoms with Crippen LogP contribution in [0.1, 0.15) is 0 Å². The van der Waals surface area contributed by atoms with E-state index in [1.54, 1.807) is 0 Å². The monoisotopic (exact) mass is 866 g/mol. The molecule has 320 valence electrons. The standard InChI is InChI=1S/C66H46N2/c1-5-19-47(20-6-1)53-43-54(48-21-7-2-8-22-48)45-55(44-53)49-35-39-57(40-36-49)67(58-41-37-51(38-42-58)61-30-14-13-29-60(61)50-23-9-3-10-24-50)59-28-17-25-52(46-59)62-32-18-34-65-66(62)63-31-15-16-33-64(63)68(65)56-26-11-4-12-27-56/h1-46H. The van der Waals surface area contributed by atoms with Crippen LogP contribution in [0.15, 0.2) is 279 Å². The van der Waals surface area contributed by atoms with Crippen molar-refractivity contribution in [2.45, 2.75) is 0 Å². The van der Waals surface area contributed by atoms with E-state index < -0.39 is 0 Å². The van der Waals surface area contributed by atoms with Crippen LogP contribution in [-0.4, -0.2) is 4.57 Å². The Morgan fingerprint density at radius 1 is 0.235 bits per heavy atom. The minimum Gasteiger partial charge on any atom is -0.310 e. The molecule has 0 aliphatic heterocycles. The molecular formula is C66H46N2. The summed E-state index contributed by atoms with van der Waals surface area (Å²) >= 11 is 0. The van der Waals surface area contributed by atoms with Crippen LogP contribution in [0.4, 0.5) is 17.1 Å². The molecule has 0 radical (unpaired) electrons. The van der Waals surface area contributed by atoms with Crippen molar-refractivity contribution in [1.82, 2.24) is 4.57 Å². The number of hydrogen-bond acceptors (Lipinski definition) is 1. The molecule has 0 spiro atoms. The molecule has 1 aromatic heterocycles. The van der Waals surface area contributed by atoms with Gasteiger partial charge in [0.2, 0.25) is 0 Å². The zero-order chi connectivity index (χ0) is 45.2. The molecule has 12 aromatic rings. The van der Waals surface area contributed by atoms with Gasteiger partial charge in [0.15, 0.2) is 0 Å². The summed E-state index contributed by atoms with van der Waals surface area (Å²) in [7, 11) is 0. The van der Waals surface area contributed by atoms with E-state index >= 15 is 0 Å². The maximum absolute atomic E-state index is 2.39. The number of hydrogen-bond donors (Lipinski definition) is 0. The zero-order valence-corrected chi connectivity index (χ0v) is 37.5. The molecule has 11 aromatic carbocycles. The van der Waals surface area contributed by atoms with Gasteiger partial charge in [-0.3, -0.25) is 0 Å². The quantitative estimate of drug-likeness (QED) is 0.133. The minimum absolute atomic E-state index is 1.07. The van der Waals surface area contributed by atoms with Crippen LogP contribution in [0.3, 0.4) is 0 Å². The van der Waals surface area contributed by atoms with E-state index in [0.29, 0.717) is 0 Å². The number of nitrogens with zero attached hydrogens (tertiary/aromatic N) is 2. The number of aromatic nitrogens is 1. The molecule has 68 heavy (non-hydrogen) atoms. The minimum atomic E-state index is 1.07. The van der Waals surface area contributed by atoms with Crippen LogP contribution in [0.5, 0.6) is 0 Å². The predicted octanol–water partition coefficient (Wildman–Crippen LogP) is 18.3. The van der Waals surface area contributed by atoms with Gasteiger partial charge in [-0.2, -0.15) is 0 Å². The van der Waals surface area contributed by atoms with Gasteiger partial charge in [-0.1, -0.05) is 200 Å². The molecular weight excluding hydrogens is 821 g/mol. The first-order valence-corrected chi connectivity index (χ1v) is 23.3. The van der Waals surface area contributed by atoms with Crippen LogP contribution in [-0.2, 0) is 0 Å². The van der Waals surface area contributed by atoms with Gasteiger partial charge in [0.05, 0.1) is 11.0 Å². The fourth-order valence-electron chi connectivity index (χ4n) is 9.96. The molecule has 2 heteroatoms. The van der Waals surface area contributed by atoms with Gasteiger partial charge < -0.3 is 9.47 Å². The number of rotatable bonds is 10. The summed E-state index contributed by atoms with van der Waals surface area (Å²) in [4.78, 5) is 2.39. The van der Waals surface area contributed by atoms with Crippen molar-refractivity contribution in [3.63, 3.8) is 0 Å². The average Bonchev–Trinajstić information content (AvgIpc) is 3.77. The first kappa shape index (κ1) is 40.5. The van der Waals surface area contributed by atoms with Crippen LogP contribution >= 0.6 is 0 Å².